The zero-order valence-corrected chi connectivity index (χ0v) is 10.1. The predicted molar refractivity (Wildman–Crippen MR) is 57.1 cm³/mol. The van der Waals surface area contributed by atoms with Gasteiger partial charge in [0.1, 0.15) is 5.59 Å². The van der Waals surface area contributed by atoms with E-state index in [1.54, 1.807) is 13.8 Å². The maximum absolute atomic E-state index is 12.0. The van der Waals surface area contributed by atoms with E-state index in [1.165, 1.54) is 0 Å². The third-order valence-corrected chi connectivity index (χ3v) is 1.92. The van der Waals surface area contributed by atoms with Gasteiger partial charge in [-0.1, -0.05) is 5.10 Å². The van der Waals surface area contributed by atoms with Gasteiger partial charge in [-0.25, -0.2) is 0 Å². The molecule has 0 spiro atoms. The van der Waals surface area contributed by atoms with E-state index in [9.17, 15) is 4.79 Å². The number of aliphatic hydroxyl groups is 1. The largest absolute Gasteiger partial charge is 0.464 e. The molecule has 0 saturated carbocycles. The standard InChI is InChI=1S/C9H17N4O3/c1-8(2,3)10-6(14)9(4,5)13-11-7(15)16-12-13/h1-5H3,(H,10,14)(H,11,15). The number of amides is 1. The number of hydrazone groups is 1. The molecule has 0 aliphatic carbocycles. The van der Waals surface area contributed by atoms with Crippen LogP contribution in [-0.2, 0) is 9.63 Å². The van der Waals surface area contributed by atoms with Gasteiger partial charge in [-0.05, 0) is 34.6 Å². The normalized spacial score (nSPS) is 16.8. The SMILES string of the molecule is CC(C)(C)NC(=O)C(C)(C)N1[N]OC(O)=N1. The lowest BCUT2D eigenvalue weighted by atomic mass is 10.0. The molecule has 7 heteroatoms. The first-order valence-corrected chi connectivity index (χ1v) is 4.91. The molecular formula is C9H17N4O3. The Morgan fingerprint density at radius 3 is 2.31 bits per heavy atom. The fourth-order valence-electron chi connectivity index (χ4n) is 1.00. The quantitative estimate of drug-likeness (QED) is 0.711. The highest BCUT2D eigenvalue weighted by molar-refractivity contribution is 5.86. The molecule has 1 amide bonds. The summed E-state index contributed by atoms with van der Waals surface area (Å²) >= 11 is 0. The third-order valence-electron chi connectivity index (χ3n) is 1.92. The van der Waals surface area contributed by atoms with E-state index >= 15 is 0 Å². The topological polar surface area (TPSA) is 88.3 Å². The van der Waals surface area contributed by atoms with Crippen LogP contribution in [0.4, 0.5) is 0 Å². The van der Waals surface area contributed by atoms with Crippen LogP contribution in [0, 0.1) is 0 Å². The van der Waals surface area contributed by atoms with Crippen LogP contribution in [0.15, 0.2) is 5.10 Å². The molecule has 1 radical (unpaired) electrons. The summed E-state index contributed by atoms with van der Waals surface area (Å²) < 4.78 is 0. The second-order valence-corrected chi connectivity index (χ2v) is 5.11. The lowest BCUT2D eigenvalue weighted by Crippen LogP contribution is -2.57. The van der Waals surface area contributed by atoms with Gasteiger partial charge >= 0.3 is 6.08 Å². The van der Waals surface area contributed by atoms with Gasteiger partial charge in [0.05, 0.1) is 0 Å². The molecule has 1 aliphatic rings. The zero-order chi connectivity index (χ0) is 12.6. The molecule has 1 rings (SSSR count). The summed E-state index contributed by atoms with van der Waals surface area (Å²) in [5.41, 5.74) is 2.08. The molecule has 1 heterocycles. The Balaban J connectivity index is 2.74. The molecule has 2 N–H and O–H groups in total. The molecule has 0 atom stereocenters. The van der Waals surface area contributed by atoms with Crippen LogP contribution in [0.1, 0.15) is 34.6 Å². The maximum Gasteiger partial charge on any atom is 0.427 e. The Bertz CT molecular complexity index is 319. The van der Waals surface area contributed by atoms with Crippen molar-refractivity contribution in [1.82, 2.24) is 16.0 Å². The summed E-state index contributed by atoms with van der Waals surface area (Å²) in [5, 5.41) is 16.3. The first-order valence-electron chi connectivity index (χ1n) is 4.91. The fraction of sp³-hybridized carbons (Fsp3) is 0.778. The Morgan fingerprint density at radius 1 is 1.38 bits per heavy atom. The lowest BCUT2D eigenvalue weighted by molar-refractivity contribution is -0.141. The molecule has 0 aromatic carbocycles. The van der Waals surface area contributed by atoms with Gasteiger partial charge < -0.3 is 15.3 Å². The van der Waals surface area contributed by atoms with Gasteiger partial charge in [-0.15, -0.1) is 0 Å². The van der Waals surface area contributed by atoms with E-state index in [1.807, 2.05) is 20.8 Å². The highest BCUT2D eigenvalue weighted by Crippen LogP contribution is 2.18. The van der Waals surface area contributed by atoms with Crippen molar-refractivity contribution in [2.45, 2.75) is 45.7 Å². The average molecular weight is 229 g/mol. The third kappa shape index (κ3) is 2.75. The van der Waals surface area contributed by atoms with Crippen LogP contribution in [-0.4, -0.2) is 33.3 Å². The molecule has 0 saturated heterocycles. The molecule has 7 nitrogen and oxygen atoms in total. The smallest absolute Gasteiger partial charge is 0.427 e. The predicted octanol–water partition coefficient (Wildman–Crippen LogP) is 0.275. The van der Waals surface area contributed by atoms with E-state index in [2.05, 4.69) is 20.8 Å². The van der Waals surface area contributed by atoms with Crippen molar-refractivity contribution in [3.63, 3.8) is 0 Å². The highest BCUT2D eigenvalue weighted by atomic mass is 16.8. The van der Waals surface area contributed by atoms with Crippen LogP contribution in [0.2, 0.25) is 0 Å². The average Bonchev–Trinajstić information content (AvgIpc) is 2.48. The summed E-state index contributed by atoms with van der Waals surface area (Å²) in [5.74, 6) is -0.259. The summed E-state index contributed by atoms with van der Waals surface area (Å²) in [6.07, 6.45) is -0.573. The molecule has 16 heavy (non-hydrogen) atoms. The van der Waals surface area contributed by atoms with Crippen LogP contribution in [0.5, 0.6) is 0 Å². The second kappa shape index (κ2) is 3.82. The molecular weight excluding hydrogens is 212 g/mol. The van der Waals surface area contributed by atoms with Crippen LogP contribution < -0.4 is 10.9 Å². The lowest BCUT2D eigenvalue weighted by Gasteiger charge is -2.32. The van der Waals surface area contributed by atoms with E-state index in [-0.39, 0.29) is 11.4 Å². The fourth-order valence-corrected chi connectivity index (χ4v) is 1.00. The van der Waals surface area contributed by atoms with E-state index in [0.29, 0.717) is 0 Å². The van der Waals surface area contributed by atoms with Crippen molar-refractivity contribution in [2.75, 3.05) is 0 Å². The number of nitrogens with one attached hydrogen (secondary N) is 1. The van der Waals surface area contributed by atoms with Crippen molar-refractivity contribution >= 4 is 12.0 Å². The Labute approximate surface area is 94.4 Å². The number of aliphatic hydroxyl groups excluding tert-OH is 1. The summed E-state index contributed by atoms with van der Waals surface area (Å²) in [7, 11) is 0. The maximum atomic E-state index is 12.0. The number of nitrogens with zero attached hydrogens (tertiary/aromatic N) is 3. The minimum absolute atomic E-state index is 0.259. The van der Waals surface area contributed by atoms with Crippen molar-refractivity contribution in [1.29, 1.82) is 0 Å². The minimum Gasteiger partial charge on any atom is -0.464 e. The van der Waals surface area contributed by atoms with Crippen LogP contribution in [0.25, 0.3) is 0 Å². The van der Waals surface area contributed by atoms with Crippen molar-refractivity contribution in [2.24, 2.45) is 5.10 Å². The molecule has 1 aliphatic heterocycles. The molecule has 0 fully saturated rings. The van der Waals surface area contributed by atoms with Gasteiger partial charge in [-0.2, -0.15) is 5.12 Å². The number of hydrogen-bond acceptors (Lipinski definition) is 4. The zero-order valence-electron chi connectivity index (χ0n) is 10.1. The van der Waals surface area contributed by atoms with Crippen molar-refractivity contribution in [3.05, 3.63) is 0 Å². The number of rotatable bonds is 2. The Hall–Kier alpha value is -1.50. The summed E-state index contributed by atoms with van der Waals surface area (Å²) in [6, 6.07) is 0. The molecule has 0 aromatic heterocycles. The Morgan fingerprint density at radius 2 is 1.94 bits per heavy atom. The summed E-state index contributed by atoms with van der Waals surface area (Å²) in [4.78, 5) is 16.4. The van der Waals surface area contributed by atoms with Gasteiger partial charge in [0, 0.05) is 5.54 Å². The highest BCUT2D eigenvalue weighted by Gasteiger charge is 2.41. The van der Waals surface area contributed by atoms with Crippen LogP contribution in [0.3, 0.4) is 0 Å². The second-order valence-electron chi connectivity index (χ2n) is 5.11. The minimum atomic E-state index is -1.03. The Kier molecular flexibility index (Phi) is 3.00. The van der Waals surface area contributed by atoms with Crippen molar-refractivity contribution < 1.29 is 14.7 Å². The van der Waals surface area contributed by atoms with Gasteiger partial charge in [-0.3, -0.25) is 4.79 Å². The first kappa shape index (κ1) is 12.6. The van der Waals surface area contributed by atoms with Gasteiger partial charge in [0.25, 0.3) is 0 Å². The summed E-state index contributed by atoms with van der Waals surface area (Å²) in [6.45, 7) is 8.88. The van der Waals surface area contributed by atoms with Crippen LogP contribution >= 0.6 is 0 Å². The monoisotopic (exact) mass is 229 g/mol. The number of carbonyl (C=O) groups excluding carboxylic acids is 1. The number of carbonyl (C=O) groups is 1. The molecule has 0 aromatic rings. The van der Waals surface area contributed by atoms with E-state index in [0.717, 1.165) is 5.12 Å². The number of hydrogen-bond donors (Lipinski definition) is 2. The van der Waals surface area contributed by atoms with E-state index < -0.39 is 11.6 Å². The van der Waals surface area contributed by atoms with E-state index in [4.69, 9.17) is 5.11 Å². The molecule has 0 bridgehead atoms. The van der Waals surface area contributed by atoms with Crippen molar-refractivity contribution in [3.8, 4) is 0 Å². The first-order chi connectivity index (χ1) is 7.13. The molecule has 91 valence electrons. The van der Waals surface area contributed by atoms with Gasteiger partial charge in [0.2, 0.25) is 5.91 Å². The van der Waals surface area contributed by atoms with Gasteiger partial charge in [0.15, 0.2) is 5.54 Å². The molecule has 0 unspecified atom stereocenters.